The van der Waals surface area contributed by atoms with Crippen LogP contribution in [0.4, 0.5) is 0 Å². The highest BCUT2D eigenvalue weighted by molar-refractivity contribution is 8.18. The number of benzene rings is 1. The summed E-state index contributed by atoms with van der Waals surface area (Å²) in [7, 11) is 0. The Bertz CT molecular complexity index is 619. The highest BCUT2D eigenvalue weighted by Crippen LogP contribution is 2.30. The highest BCUT2D eigenvalue weighted by Gasteiger charge is 2.26. The molecule has 1 fully saturated rings. The number of hydrogen-bond acceptors (Lipinski definition) is 5. The molecule has 2 aliphatic heterocycles. The van der Waals surface area contributed by atoms with Crippen LogP contribution < -0.4 is 4.74 Å². The molecule has 0 spiro atoms. The molecule has 1 saturated heterocycles. The zero-order valence-electron chi connectivity index (χ0n) is 13.2. The Kier molecular flexibility index (Phi) is 5.35. The number of amidine groups is 1. The van der Waals surface area contributed by atoms with Crippen molar-refractivity contribution < 1.29 is 14.3 Å². The van der Waals surface area contributed by atoms with Gasteiger partial charge in [0.1, 0.15) is 5.75 Å². The summed E-state index contributed by atoms with van der Waals surface area (Å²) in [5.41, 5.74) is 0.975. The number of morpholine rings is 1. The van der Waals surface area contributed by atoms with Gasteiger partial charge in [-0.05, 0) is 42.0 Å². The second-order valence-corrected chi connectivity index (χ2v) is 6.34. The second-order valence-electron chi connectivity index (χ2n) is 5.33. The summed E-state index contributed by atoms with van der Waals surface area (Å²) in [6.45, 7) is 5.74. The average molecular weight is 332 g/mol. The van der Waals surface area contributed by atoms with Crippen LogP contribution >= 0.6 is 11.8 Å². The number of nitrogens with zero attached hydrogens (tertiary/aromatic N) is 2. The van der Waals surface area contributed by atoms with Crippen molar-refractivity contribution in [2.45, 2.75) is 13.3 Å². The number of carbonyl (C=O) groups excluding carboxylic acids is 1. The summed E-state index contributed by atoms with van der Waals surface area (Å²) in [5.74, 6) is 0.687. The molecule has 0 aromatic heterocycles. The topological polar surface area (TPSA) is 51.1 Å². The summed E-state index contributed by atoms with van der Waals surface area (Å²) < 4.78 is 10.9. The maximum absolute atomic E-state index is 12.1. The lowest BCUT2D eigenvalue weighted by atomic mass is 10.2. The maximum Gasteiger partial charge on any atom is 0.286 e. The molecule has 2 aliphatic rings. The van der Waals surface area contributed by atoms with E-state index in [0.29, 0.717) is 24.7 Å². The van der Waals surface area contributed by atoms with E-state index in [1.54, 1.807) is 0 Å². The smallest absolute Gasteiger partial charge is 0.286 e. The molecule has 6 heteroatoms. The van der Waals surface area contributed by atoms with Crippen LogP contribution in [0, 0.1) is 0 Å². The largest absolute Gasteiger partial charge is 0.494 e. The van der Waals surface area contributed by atoms with Gasteiger partial charge in [0, 0.05) is 13.1 Å². The number of ether oxygens (including phenoxy) is 2. The van der Waals surface area contributed by atoms with E-state index in [1.807, 2.05) is 30.3 Å². The Morgan fingerprint density at radius 1 is 1.30 bits per heavy atom. The minimum Gasteiger partial charge on any atom is -0.494 e. The Balaban J connectivity index is 1.65. The quantitative estimate of drug-likeness (QED) is 0.794. The van der Waals surface area contributed by atoms with Crippen molar-refractivity contribution in [3.05, 3.63) is 34.7 Å². The van der Waals surface area contributed by atoms with E-state index >= 15 is 0 Å². The Morgan fingerprint density at radius 2 is 2.04 bits per heavy atom. The summed E-state index contributed by atoms with van der Waals surface area (Å²) in [6, 6.07) is 7.77. The van der Waals surface area contributed by atoms with Gasteiger partial charge in [-0.25, -0.2) is 0 Å². The van der Waals surface area contributed by atoms with Crippen LogP contribution in [-0.2, 0) is 9.53 Å². The van der Waals surface area contributed by atoms with E-state index in [2.05, 4.69) is 16.8 Å². The first kappa shape index (κ1) is 16.1. The first-order chi connectivity index (χ1) is 11.3. The third-order valence-electron chi connectivity index (χ3n) is 3.54. The molecule has 0 atom stereocenters. The van der Waals surface area contributed by atoms with Gasteiger partial charge in [-0.3, -0.25) is 4.79 Å². The fourth-order valence-electron chi connectivity index (χ4n) is 2.32. The van der Waals surface area contributed by atoms with Crippen LogP contribution in [-0.4, -0.2) is 48.9 Å². The third kappa shape index (κ3) is 4.14. The molecule has 3 rings (SSSR count). The summed E-state index contributed by atoms with van der Waals surface area (Å²) >= 11 is 1.44. The van der Waals surface area contributed by atoms with Crippen molar-refractivity contribution >= 4 is 28.9 Å². The molecule has 1 aromatic carbocycles. The van der Waals surface area contributed by atoms with Gasteiger partial charge in [-0.15, -0.1) is 0 Å². The molecule has 0 N–H and O–H groups in total. The fraction of sp³-hybridized carbons (Fsp3) is 0.412. The number of hydrogen-bond donors (Lipinski definition) is 0. The predicted molar refractivity (Wildman–Crippen MR) is 92.6 cm³/mol. The van der Waals surface area contributed by atoms with Crippen molar-refractivity contribution in [3.63, 3.8) is 0 Å². The van der Waals surface area contributed by atoms with Crippen molar-refractivity contribution in [1.82, 2.24) is 4.90 Å². The standard InChI is InChI=1S/C17H20N2O3S/c1-2-9-22-14-5-3-13(4-6-14)12-15-16(20)18-17(23-15)19-7-10-21-11-8-19/h3-6,12H,2,7-11H2,1H3. The molecule has 1 aromatic rings. The molecule has 0 radical (unpaired) electrons. The van der Waals surface area contributed by atoms with Crippen LogP contribution in [0.2, 0.25) is 0 Å². The molecule has 1 amide bonds. The SMILES string of the molecule is CCCOc1ccc(C=C2SC(N3CCOCC3)=NC2=O)cc1. The fourth-order valence-corrected chi connectivity index (χ4v) is 3.28. The molecular weight excluding hydrogens is 312 g/mol. The zero-order chi connectivity index (χ0) is 16.1. The maximum atomic E-state index is 12.1. The van der Waals surface area contributed by atoms with Crippen LogP contribution in [0.5, 0.6) is 5.75 Å². The Labute approximate surface area is 140 Å². The van der Waals surface area contributed by atoms with Gasteiger partial charge in [-0.1, -0.05) is 19.1 Å². The first-order valence-electron chi connectivity index (χ1n) is 7.84. The number of rotatable bonds is 4. The molecular formula is C17H20N2O3S. The molecule has 0 unspecified atom stereocenters. The number of carbonyl (C=O) groups is 1. The highest BCUT2D eigenvalue weighted by atomic mass is 32.2. The van der Waals surface area contributed by atoms with E-state index < -0.39 is 0 Å². The van der Waals surface area contributed by atoms with Crippen molar-refractivity contribution in [1.29, 1.82) is 0 Å². The molecule has 0 bridgehead atoms. The lowest BCUT2D eigenvalue weighted by Gasteiger charge is -2.27. The molecule has 5 nitrogen and oxygen atoms in total. The van der Waals surface area contributed by atoms with E-state index in [1.165, 1.54) is 11.8 Å². The van der Waals surface area contributed by atoms with E-state index in [0.717, 1.165) is 36.0 Å². The van der Waals surface area contributed by atoms with Crippen LogP contribution in [0.3, 0.4) is 0 Å². The van der Waals surface area contributed by atoms with Crippen LogP contribution in [0.15, 0.2) is 34.2 Å². The van der Waals surface area contributed by atoms with Crippen molar-refractivity contribution in [3.8, 4) is 5.75 Å². The number of amides is 1. The monoisotopic (exact) mass is 332 g/mol. The van der Waals surface area contributed by atoms with Gasteiger partial charge in [0.15, 0.2) is 5.17 Å². The number of aliphatic imine (C=N–C) groups is 1. The molecule has 2 heterocycles. The second kappa shape index (κ2) is 7.66. The minimum absolute atomic E-state index is 0.164. The van der Waals surface area contributed by atoms with Gasteiger partial charge in [0.25, 0.3) is 5.91 Å². The van der Waals surface area contributed by atoms with Gasteiger partial charge in [0.05, 0.1) is 24.7 Å². The van der Waals surface area contributed by atoms with E-state index in [4.69, 9.17) is 9.47 Å². The number of thioether (sulfide) groups is 1. The lowest BCUT2D eigenvalue weighted by Crippen LogP contribution is -2.38. The third-order valence-corrected chi connectivity index (χ3v) is 4.59. The van der Waals surface area contributed by atoms with E-state index in [-0.39, 0.29) is 5.91 Å². The van der Waals surface area contributed by atoms with Gasteiger partial charge >= 0.3 is 0 Å². The normalized spacial score (nSPS) is 20.0. The lowest BCUT2D eigenvalue weighted by molar-refractivity contribution is -0.113. The van der Waals surface area contributed by atoms with Gasteiger partial charge in [-0.2, -0.15) is 4.99 Å². The summed E-state index contributed by atoms with van der Waals surface area (Å²) in [4.78, 5) is 19.0. The molecule has 0 aliphatic carbocycles. The van der Waals surface area contributed by atoms with Gasteiger partial charge < -0.3 is 14.4 Å². The summed E-state index contributed by atoms with van der Waals surface area (Å²) in [5, 5.41) is 0.785. The van der Waals surface area contributed by atoms with Crippen LogP contribution in [0.1, 0.15) is 18.9 Å². The minimum atomic E-state index is -0.164. The van der Waals surface area contributed by atoms with Crippen molar-refractivity contribution in [2.75, 3.05) is 32.9 Å². The molecule has 0 saturated carbocycles. The molecule has 23 heavy (non-hydrogen) atoms. The zero-order valence-corrected chi connectivity index (χ0v) is 14.0. The van der Waals surface area contributed by atoms with E-state index in [9.17, 15) is 4.79 Å². The average Bonchev–Trinajstić information content (AvgIpc) is 2.96. The Hall–Kier alpha value is -1.79. The predicted octanol–water partition coefficient (Wildman–Crippen LogP) is 2.78. The molecule has 122 valence electrons. The van der Waals surface area contributed by atoms with Crippen molar-refractivity contribution in [2.24, 2.45) is 4.99 Å². The van der Waals surface area contributed by atoms with Gasteiger partial charge in [0.2, 0.25) is 0 Å². The first-order valence-corrected chi connectivity index (χ1v) is 8.66. The summed E-state index contributed by atoms with van der Waals surface area (Å²) in [6.07, 6.45) is 2.87. The van der Waals surface area contributed by atoms with Crippen LogP contribution in [0.25, 0.3) is 6.08 Å². The Morgan fingerprint density at radius 3 is 2.74 bits per heavy atom.